The van der Waals surface area contributed by atoms with Crippen molar-refractivity contribution in [3.05, 3.63) is 23.3 Å². The summed E-state index contributed by atoms with van der Waals surface area (Å²) >= 11 is 1.21. The number of nitrogens with zero attached hydrogens (tertiary/aromatic N) is 3. The SMILES string of the molecule is CC(N)=Nc1nc(-c2cc(C(C)(C)C)c(O)c(C(C)(C)C)c2)ns1.Cl. The van der Waals surface area contributed by atoms with Gasteiger partial charge in [0.15, 0.2) is 5.82 Å². The molecular weight excluding hydrogens is 356 g/mol. The molecule has 2 rings (SSSR count). The number of aliphatic imine (C=N–C) groups is 1. The number of amidine groups is 1. The van der Waals surface area contributed by atoms with Crippen LogP contribution in [0.15, 0.2) is 17.1 Å². The van der Waals surface area contributed by atoms with Crippen LogP contribution in [-0.2, 0) is 10.8 Å². The number of phenolic OH excluding ortho intramolecular Hbond substituents is 1. The van der Waals surface area contributed by atoms with Gasteiger partial charge in [-0.2, -0.15) is 9.36 Å². The molecule has 0 aliphatic heterocycles. The molecule has 0 amide bonds. The van der Waals surface area contributed by atoms with E-state index in [-0.39, 0.29) is 23.2 Å². The van der Waals surface area contributed by atoms with Crippen LogP contribution in [0, 0.1) is 0 Å². The fourth-order valence-corrected chi connectivity index (χ4v) is 3.06. The average molecular weight is 383 g/mol. The van der Waals surface area contributed by atoms with E-state index in [1.54, 1.807) is 6.92 Å². The number of benzene rings is 1. The Labute approximate surface area is 160 Å². The van der Waals surface area contributed by atoms with Crippen molar-refractivity contribution in [2.45, 2.75) is 59.3 Å². The zero-order valence-corrected chi connectivity index (χ0v) is 17.5. The smallest absolute Gasteiger partial charge is 0.230 e. The second kappa shape index (κ2) is 7.30. The van der Waals surface area contributed by atoms with Gasteiger partial charge in [-0.15, -0.1) is 12.4 Å². The Balaban J connectivity index is 0.00000312. The van der Waals surface area contributed by atoms with Gasteiger partial charge < -0.3 is 10.8 Å². The summed E-state index contributed by atoms with van der Waals surface area (Å²) in [6.07, 6.45) is 0. The van der Waals surface area contributed by atoms with Crippen molar-refractivity contribution in [3.63, 3.8) is 0 Å². The molecule has 0 saturated carbocycles. The third-order valence-corrected chi connectivity index (χ3v) is 4.28. The molecule has 0 atom stereocenters. The number of phenols is 1. The first-order valence-corrected chi connectivity index (χ1v) is 8.70. The van der Waals surface area contributed by atoms with Crippen molar-refractivity contribution in [3.8, 4) is 17.1 Å². The minimum Gasteiger partial charge on any atom is -0.507 e. The number of rotatable bonds is 2. The molecule has 2 aromatic rings. The molecule has 0 fully saturated rings. The molecule has 0 unspecified atom stereocenters. The highest BCUT2D eigenvalue weighted by Crippen LogP contribution is 2.41. The molecule has 25 heavy (non-hydrogen) atoms. The summed E-state index contributed by atoms with van der Waals surface area (Å²) in [5.74, 6) is 1.41. The van der Waals surface area contributed by atoms with Gasteiger partial charge in [0.05, 0.1) is 5.84 Å². The van der Waals surface area contributed by atoms with E-state index in [0.717, 1.165) is 16.7 Å². The summed E-state index contributed by atoms with van der Waals surface area (Å²) in [5, 5.41) is 11.3. The monoisotopic (exact) mass is 382 g/mol. The molecule has 0 aliphatic carbocycles. The Morgan fingerprint density at radius 2 is 1.56 bits per heavy atom. The zero-order valence-electron chi connectivity index (χ0n) is 15.8. The van der Waals surface area contributed by atoms with Gasteiger partial charge in [-0.3, -0.25) is 0 Å². The fourth-order valence-electron chi connectivity index (χ4n) is 2.44. The first kappa shape index (κ1) is 21.4. The maximum atomic E-state index is 10.8. The molecule has 1 aromatic heterocycles. The lowest BCUT2D eigenvalue weighted by Gasteiger charge is -2.27. The Kier molecular flexibility index (Phi) is 6.24. The van der Waals surface area contributed by atoms with Crippen molar-refractivity contribution >= 4 is 34.9 Å². The number of nitrogens with two attached hydrogens (primary N) is 1. The highest BCUT2D eigenvalue weighted by molar-refractivity contribution is 7.09. The lowest BCUT2D eigenvalue weighted by Crippen LogP contribution is -2.17. The van der Waals surface area contributed by atoms with Gasteiger partial charge in [-0.1, -0.05) is 41.5 Å². The van der Waals surface area contributed by atoms with Gasteiger partial charge in [0.2, 0.25) is 5.13 Å². The normalized spacial score (nSPS) is 12.8. The van der Waals surface area contributed by atoms with Crippen LogP contribution in [0.25, 0.3) is 11.4 Å². The lowest BCUT2D eigenvalue weighted by molar-refractivity contribution is 0.423. The second-order valence-corrected chi connectivity index (χ2v) is 8.80. The molecule has 1 aromatic carbocycles. The minimum atomic E-state index is -0.190. The van der Waals surface area contributed by atoms with Crippen LogP contribution in [0.2, 0.25) is 0 Å². The Hall–Kier alpha value is -1.66. The highest BCUT2D eigenvalue weighted by Gasteiger charge is 2.27. The van der Waals surface area contributed by atoms with E-state index in [1.807, 2.05) is 12.1 Å². The van der Waals surface area contributed by atoms with E-state index in [2.05, 4.69) is 55.9 Å². The molecule has 0 radical (unpaired) electrons. The molecule has 138 valence electrons. The second-order valence-electron chi connectivity index (χ2n) is 8.07. The van der Waals surface area contributed by atoms with Crippen molar-refractivity contribution in [2.75, 3.05) is 0 Å². The molecule has 0 spiro atoms. The zero-order chi connectivity index (χ0) is 18.3. The molecular formula is C18H27ClN4OS. The molecule has 0 bridgehead atoms. The quantitative estimate of drug-likeness (QED) is 0.569. The van der Waals surface area contributed by atoms with Crippen molar-refractivity contribution in [2.24, 2.45) is 10.7 Å². The van der Waals surface area contributed by atoms with E-state index in [0.29, 0.717) is 22.5 Å². The summed E-state index contributed by atoms with van der Waals surface area (Å²) in [6.45, 7) is 14.2. The van der Waals surface area contributed by atoms with E-state index in [4.69, 9.17) is 5.73 Å². The van der Waals surface area contributed by atoms with Crippen LogP contribution in [0.1, 0.15) is 59.6 Å². The van der Waals surface area contributed by atoms with Gasteiger partial charge in [0, 0.05) is 28.2 Å². The van der Waals surface area contributed by atoms with Crippen LogP contribution in [0.5, 0.6) is 5.75 Å². The molecule has 1 heterocycles. The van der Waals surface area contributed by atoms with Crippen LogP contribution < -0.4 is 5.73 Å². The third kappa shape index (κ3) is 4.92. The van der Waals surface area contributed by atoms with E-state index >= 15 is 0 Å². The largest absolute Gasteiger partial charge is 0.507 e. The Bertz CT molecular complexity index is 746. The summed E-state index contributed by atoms with van der Waals surface area (Å²) in [4.78, 5) is 8.61. The maximum Gasteiger partial charge on any atom is 0.230 e. The summed E-state index contributed by atoms with van der Waals surface area (Å²) in [6, 6.07) is 3.94. The number of hydrogen-bond acceptors (Lipinski definition) is 5. The molecule has 0 saturated heterocycles. The highest BCUT2D eigenvalue weighted by atomic mass is 35.5. The van der Waals surface area contributed by atoms with Crippen molar-refractivity contribution < 1.29 is 5.11 Å². The summed E-state index contributed by atoms with van der Waals surface area (Å²) in [5.41, 5.74) is 7.89. The van der Waals surface area contributed by atoms with Crippen LogP contribution in [-0.4, -0.2) is 20.3 Å². The fraction of sp³-hybridized carbons (Fsp3) is 0.500. The molecule has 0 aliphatic rings. The standard InChI is InChI=1S/C18H26N4OS.ClH/c1-10(19)20-16-21-15(22-24-16)11-8-12(17(2,3)4)14(23)13(9-11)18(5,6)7;/h8-9,23H,1-7H3,(H2,19,20,21,22);1H. The van der Waals surface area contributed by atoms with Gasteiger partial charge >= 0.3 is 0 Å². The van der Waals surface area contributed by atoms with E-state index in [9.17, 15) is 5.11 Å². The minimum absolute atomic E-state index is 0. The Morgan fingerprint density at radius 3 is 1.96 bits per heavy atom. The maximum absolute atomic E-state index is 10.8. The summed E-state index contributed by atoms with van der Waals surface area (Å²) < 4.78 is 4.40. The first-order valence-electron chi connectivity index (χ1n) is 7.92. The first-order chi connectivity index (χ1) is 10.9. The van der Waals surface area contributed by atoms with Crippen molar-refractivity contribution in [1.82, 2.24) is 9.36 Å². The van der Waals surface area contributed by atoms with Crippen LogP contribution in [0.3, 0.4) is 0 Å². The molecule has 5 nitrogen and oxygen atoms in total. The van der Waals surface area contributed by atoms with Crippen LogP contribution >= 0.6 is 23.9 Å². The number of hydrogen-bond donors (Lipinski definition) is 2. The Morgan fingerprint density at radius 1 is 1.08 bits per heavy atom. The number of aromatic hydroxyl groups is 1. The number of aromatic nitrogens is 2. The lowest BCUT2D eigenvalue weighted by atomic mass is 9.78. The van der Waals surface area contributed by atoms with Gasteiger partial charge in [-0.25, -0.2) is 4.99 Å². The predicted octanol–water partition coefficient (Wildman–Crippen LogP) is 4.94. The van der Waals surface area contributed by atoms with Crippen LogP contribution in [0.4, 0.5) is 5.13 Å². The molecule has 7 heteroatoms. The molecule has 3 N–H and O–H groups in total. The predicted molar refractivity (Wildman–Crippen MR) is 109 cm³/mol. The third-order valence-electron chi connectivity index (χ3n) is 3.67. The number of halogens is 1. The summed E-state index contributed by atoms with van der Waals surface area (Å²) in [7, 11) is 0. The topological polar surface area (TPSA) is 84.4 Å². The van der Waals surface area contributed by atoms with E-state index in [1.165, 1.54) is 11.5 Å². The average Bonchev–Trinajstić information content (AvgIpc) is 2.83. The van der Waals surface area contributed by atoms with E-state index < -0.39 is 0 Å². The van der Waals surface area contributed by atoms with Gasteiger partial charge in [0.1, 0.15) is 5.75 Å². The van der Waals surface area contributed by atoms with Crippen molar-refractivity contribution in [1.29, 1.82) is 0 Å². The van der Waals surface area contributed by atoms with Gasteiger partial charge in [-0.05, 0) is 29.9 Å². The van der Waals surface area contributed by atoms with Gasteiger partial charge in [0.25, 0.3) is 0 Å².